The molecule has 0 unspecified atom stereocenters. The van der Waals surface area contributed by atoms with E-state index in [1.54, 1.807) is 37.8 Å². The Morgan fingerprint density at radius 2 is 2.04 bits per heavy atom. The Morgan fingerprint density at radius 1 is 1.35 bits per heavy atom. The maximum atomic E-state index is 12.5. The molecule has 0 fully saturated rings. The average Bonchev–Trinajstić information content (AvgIpc) is 2.90. The van der Waals surface area contributed by atoms with Gasteiger partial charge in [-0.15, -0.1) is 0 Å². The van der Waals surface area contributed by atoms with Crippen LogP contribution in [0.5, 0.6) is 0 Å². The van der Waals surface area contributed by atoms with Crippen molar-refractivity contribution in [2.75, 3.05) is 7.11 Å². The smallest absolute Gasteiger partial charge is 0.415 e. The molecule has 0 spiro atoms. The zero-order chi connectivity index (χ0) is 17.2. The van der Waals surface area contributed by atoms with Crippen molar-refractivity contribution in [1.29, 1.82) is 0 Å². The average molecular weight is 321 g/mol. The van der Waals surface area contributed by atoms with E-state index in [1.165, 1.54) is 12.0 Å². The van der Waals surface area contributed by atoms with Gasteiger partial charge in [-0.05, 0) is 39.2 Å². The predicted molar refractivity (Wildman–Crippen MR) is 84.3 cm³/mol. The Hall–Kier alpha value is -2.31. The number of amides is 1. The van der Waals surface area contributed by atoms with Crippen LogP contribution in [0, 0.1) is 0 Å². The molecule has 0 bridgehead atoms. The second-order valence-electron chi connectivity index (χ2n) is 6.52. The van der Waals surface area contributed by atoms with Crippen LogP contribution in [0.3, 0.4) is 0 Å². The lowest BCUT2D eigenvalue weighted by Gasteiger charge is -2.33. The molecule has 0 saturated carbocycles. The fraction of sp³-hybridized carbons (Fsp3) is 0.562. The lowest BCUT2D eigenvalue weighted by molar-refractivity contribution is -0.146. The molecular formula is C16H23N3O4. The number of rotatable bonds is 2. The van der Waals surface area contributed by atoms with Crippen LogP contribution in [0.1, 0.15) is 39.2 Å². The minimum absolute atomic E-state index is 0.447. The van der Waals surface area contributed by atoms with Crippen LogP contribution in [0.25, 0.3) is 5.57 Å². The molecule has 126 valence electrons. The van der Waals surface area contributed by atoms with Crippen molar-refractivity contribution in [1.82, 2.24) is 14.7 Å². The number of allylic oxidation sites excluding steroid dienone is 1. The Balaban J connectivity index is 2.31. The van der Waals surface area contributed by atoms with Crippen LogP contribution in [-0.2, 0) is 21.3 Å². The van der Waals surface area contributed by atoms with E-state index in [0.29, 0.717) is 12.8 Å². The minimum Gasteiger partial charge on any atom is -0.467 e. The number of nitrogens with zero attached hydrogens (tertiary/aromatic N) is 3. The summed E-state index contributed by atoms with van der Waals surface area (Å²) in [5.41, 5.74) is 1.21. The van der Waals surface area contributed by atoms with Gasteiger partial charge in [-0.2, -0.15) is 5.10 Å². The first-order valence-corrected chi connectivity index (χ1v) is 7.50. The normalized spacial score (nSPS) is 18.4. The summed E-state index contributed by atoms with van der Waals surface area (Å²) in [4.78, 5) is 25.8. The van der Waals surface area contributed by atoms with Crippen LogP contribution in [0.15, 0.2) is 18.6 Å². The van der Waals surface area contributed by atoms with Gasteiger partial charge in [-0.3, -0.25) is 9.58 Å². The molecule has 1 aromatic heterocycles. The summed E-state index contributed by atoms with van der Waals surface area (Å²) in [6, 6.07) is -0.671. The van der Waals surface area contributed by atoms with Crippen molar-refractivity contribution >= 4 is 17.6 Å². The first-order chi connectivity index (χ1) is 10.7. The fourth-order valence-electron chi connectivity index (χ4n) is 2.42. The van der Waals surface area contributed by atoms with E-state index in [1.807, 2.05) is 13.2 Å². The van der Waals surface area contributed by atoms with E-state index in [9.17, 15) is 9.59 Å². The molecule has 7 nitrogen and oxygen atoms in total. The van der Waals surface area contributed by atoms with E-state index >= 15 is 0 Å². The minimum atomic E-state index is -0.671. The number of methoxy groups -OCH3 is 1. The molecular weight excluding hydrogens is 298 g/mol. The predicted octanol–water partition coefficient (Wildman–Crippen LogP) is 2.33. The summed E-state index contributed by atoms with van der Waals surface area (Å²) in [6.07, 6.45) is 5.84. The highest BCUT2D eigenvalue weighted by atomic mass is 16.6. The number of hydrogen-bond donors (Lipinski definition) is 0. The summed E-state index contributed by atoms with van der Waals surface area (Å²) in [7, 11) is 3.14. The summed E-state index contributed by atoms with van der Waals surface area (Å²) in [5.74, 6) is -0.447. The van der Waals surface area contributed by atoms with Crippen LogP contribution in [0.2, 0.25) is 0 Å². The first kappa shape index (κ1) is 17.1. The Morgan fingerprint density at radius 3 is 2.57 bits per heavy atom. The number of esters is 1. The fourth-order valence-corrected chi connectivity index (χ4v) is 2.42. The van der Waals surface area contributed by atoms with Gasteiger partial charge in [0.1, 0.15) is 11.6 Å². The third kappa shape index (κ3) is 4.12. The number of aryl methyl sites for hydroxylation is 1. The molecule has 2 heterocycles. The molecule has 1 atom stereocenters. The quantitative estimate of drug-likeness (QED) is 0.782. The van der Waals surface area contributed by atoms with Crippen LogP contribution in [-0.4, -0.2) is 45.5 Å². The topological polar surface area (TPSA) is 73.7 Å². The Labute approximate surface area is 135 Å². The van der Waals surface area contributed by atoms with Gasteiger partial charge in [0.15, 0.2) is 0 Å². The van der Waals surface area contributed by atoms with Gasteiger partial charge < -0.3 is 9.47 Å². The highest BCUT2D eigenvalue weighted by Crippen LogP contribution is 2.29. The van der Waals surface area contributed by atoms with Gasteiger partial charge in [0.05, 0.1) is 13.3 Å². The monoisotopic (exact) mass is 321 g/mol. The Kier molecular flexibility index (Phi) is 4.77. The van der Waals surface area contributed by atoms with Crippen molar-refractivity contribution in [2.24, 2.45) is 7.05 Å². The van der Waals surface area contributed by atoms with E-state index in [-0.39, 0.29) is 0 Å². The highest BCUT2D eigenvalue weighted by molar-refractivity contribution is 5.85. The number of hydrogen-bond acceptors (Lipinski definition) is 5. The van der Waals surface area contributed by atoms with Gasteiger partial charge in [-0.25, -0.2) is 9.59 Å². The van der Waals surface area contributed by atoms with Crippen molar-refractivity contribution in [2.45, 2.75) is 45.3 Å². The lowest BCUT2D eigenvalue weighted by atomic mass is 9.97. The van der Waals surface area contributed by atoms with Gasteiger partial charge >= 0.3 is 12.1 Å². The molecule has 0 saturated heterocycles. The molecule has 0 aliphatic carbocycles. The van der Waals surface area contributed by atoms with Crippen LogP contribution >= 0.6 is 0 Å². The van der Waals surface area contributed by atoms with E-state index in [2.05, 4.69) is 5.10 Å². The van der Waals surface area contributed by atoms with E-state index in [4.69, 9.17) is 9.47 Å². The Bertz CT molecular complexity index is 628. The number of aromatic nitrogens is 2. The van der Waals surface area contributed by atoms with Crippen molar-refractivity contribution in [3.05, 3.63) is 24.2 Å². The summed E-state index contributed by atoms with van der Waals surface area (Å²) in [6.45, 7) is 5.36. The van der Waals surface area contributed by atoms with Crippen molar-refractivity contribution in [3.63, 3.8) is 0 Å². The zero-order valence-electron chi connectivity index (χ0n) is 14.2. The van der Waals surface area contributed by atoms with Gasteiger partial charge in [-0.1, -0.05) is 0 Å². The zero-order valence-corrected chi connectivity index (χ0v) is 14.2. The van der Waals surface area contributed by atoms with Gasteiger partial charge in [0, 0.05) is 25.0 Å². The largest absolute Gasteiger partial charge is 0.467 e. The van der Waals surface area contributed by atoms with Crippen molar-refractivity contribution < 1.29 is 19.1 Å². The molecule has 0 radical (unpaired) electrons. The molecule has 1 amide bonds. The second kappa shape index (κ2) is 6.44. The standard InChI is InChI=1S/C16H23N3O4/c1-16(2,3)23-15(21)19-10-11(12-8-17-18(4)9-12)6-7-13(19)14(20)22-5/h8-10,13H,6-7H2,1-5H3/t13-/m0/s1. The molecule has 1 aliphatic rings. The SMILES string of the molecule is COC(=O)[C@@H]1CCC(c2cnn(C)c2)=CN1C(=O)OC(C)(C)C. The van der Waals surface area contributed by atoms with Gasteiger partial charge in [0.2, 0.25) is 0 Å². The molecule has 2 rings (SSSR count). The van der Waals surface area contributed by atoms with Crippen molar-refractivity contribution in [3.8, 4) is 0 Å². The first-order valence-electron chi connectivity index (χ1n) is 7.50. The lowest BCUT2D eigenvalue weighted by Crippen LogP contribution is -2.46. The molecule has 1 aromatic rings. The third-order valence-electron chi connectivity index (χ3n) is 3.47. The summed E-state index contributed by atoms with van der Waals surface area (Å²) < 4.78 is 11.9. The van der Waals surface area contributed by atoms with Gasteiger partial charge in [0.25, 0.3) is 0 Å². The molecule has 0 aromatic carbocycles. The second-order valence-corrected chi connectivity index (χ2v) is 6.52. The maximum absolute atomic E-state index is 12.5. The highest BCUT2D eigenvalue weighted by Gasteiger charge is 2.35. The summed E-state index contributed by atoms with van der Waals surface area (Å²) >= 11 is 0. The van der Waals surface area contributed by atoms with E-state index < -0.39 is 23.7 Å². The number of carbonyl (C=O) groups excluding carboxylic acids is 2. The maximum Gasteiger partial charge on any atom is 0.415 e. The number of carbonyl (C=O) groups is 2. The van der Waals surface area contributed by atoms with E-state index in [0.717, 1.165) is 11.1 Å². The molecule has 0 N–H and O–H groups in total. The summed E-state index contributed by atoms with van der Waals surface area (Å²) in [5, 5.41) is 4.14. The van der Waals surface area contributed by atoms with Crippen LogP contribution < -0.4 is 0 Å². The molecule has 7 heteroatoms. The third-order valence-corrected chi connectivity index (χ3v) is 3.47. The number of ether oxygens (including phenoxy) is 2. The molecule has 1 aliphatic heterocycles. The van der Waals surface area contributed by atoms with Crippen LogP contribution in [0.4, 0.5) is 4.79 Å². The molecule has 23 heavy (non-hydrogen) atoms.